The van der Waals surface area contributed by atoms with Gasteiger partial charge >= 0.3 is 35.8 Å². The molecule has 0 spiro atoms. The molecule has 11 saturated heterocycles. The molecule has 0 radical (unpaired) electrons. The van der Waals surface area contributed by atoms with Crippen LogP contribution in [0.4, 0.5) is 0 Å². The van der Waals surface area contributed by atoms with Crippen molar-refractivity contribution in [2.24, 2.45) is 0 Å². The fraction of sp³-hybridized carbons (Fsp3) is 0.905. The Morgan fingerprint density at radius 1 is 0.333 bits per heavy atom. The molecule has 0 aliphatic carbocycles. The standard InChI is InChI=1S/C74H115NO63/c1-13-26(84)31(89)41(99)63(121-13)131-54-30(88)22(10-79)124-68(46(54)104)130-53-25(75-15(3)80)61(120-14(2)27(53)85)122-19-5-73(70(113)114,137-47(29(19)87)16(81)7-76)119-12-23-28(86)32(90)40(98)62(125-23)118-11-24-50(127-66-43(101)34(92)37(95)56(133-66)59(107)108)39(97)45(103)65(126-24)129-52-21(4-72(117,69(111)112)136-48(52)17(82)8-77)135-74(71(115)116)6-20(123-64-42(100)33(91)36(94)55(132-64)58(105)106)51(49(138-74)18(83)9-78)128-67-44(102)35(93)38(96)57(134-67)60(109)110/h13-14,16-57,61-68,76-79,81-104,117H,4-12H2,1-3H3,(H,75,80)(H,105,106)(H,107,108)(H,109,110)(H,111,112)(H,113,114)(H,115,116)/t13-,14-,16-,17-,18-,19-,20-,21-,22-,23-,24-,25-,26+,27-,28+,29-,30-,31+,32+,33+,34+,35+,36-,37-,38-,39-,40-,41-,42-,43-,44-,45+,46+,47-,48-,49-,50-,51-,52-,53-,54+,55+,56+,57+,61-,62+,63-,64+,65-,66+,67+,68-,72-,73-,74-/m1/s1. The molecule has 11 rings (SSSR count). The van der Waals surface area contributed by atoms with Gasteiger partial charge in [-0.25, -0.2) is 28.8 Å². The van der Waals surface area contributed by atoms with Gasteiger partial charge < -0.3 is 284 Å². The predicted molar refractivity (Wildman–Crippen MR) is 406 cm³/mol. The zero-order valence-electron chi connectivity index (χ0n) is 72.0. The largest absolute Gasteiger partial charge is 0.479 e. The van der Waals surface area contributed by atoms with Crippen LogP contribution in [0.2, 0.25) is 0 Å². The van der Waals surface area contributed by atoms with E-state index < -0.39 is 437 Å². The number of rotatable bonds is 36. The maximum absolute atomic E-state index is 14.3. The van der Waals surface area contributed by atoms with Crippen LogP contribution in [0.5, 0.6) is 0 Å². The maximum Gasteiger partial charge on any atom is 0.364 e. The van der Waals surface area contributed by atoms with Crippen molar-refractivity contribution in [3.63, 3.8) is 0 Å². The van der Waals surface area contributed by atoms with Gasteiger partial charge in [0.1, 0.15) is 220 Å². The van der Waals surface area contributed by atoms with Gasteiger partial charge in [-0.3, -0.25) is 4.79 Å². The molecular formula is C74H115NO63. The number of aliphatic hydroxyl groups excluding tert-OH is 28. The van der Waals surface area contributed by atoms with Crippen molar-refractivity contribution in [3.05, 3.63) is 0 Å². The van der Waals surface area contributed by atoms with Crippen LogP contribution in [-0.2, 0) is 133 Å². The van der Waals surface area contributed by atoms with Gasteiger partial charge in [-0.15, -0.1) is 0 Å². The molecule has 64 heteroatoms. The SMILES string of the molecule is CC(=O)N[C@H]1[C@@H](O[C@@H]2C[C@](OC[C@H]3O[C@H](OC[C@H]4O[C@H](O[C@H]5[C@@H]([C@H](O)CO)O[C@@](O)(C(=O)O)C[C@H]5O[C@]5(C(=O)O)C[C@@H](O[C@H]6O[C@H](C(=O)O)[C@H](O)[C@H](O)[C@H]6O)[C@@H](O[C@H]6O[C@H](C(=O)O)[C@H](O)[C@H](O)[C@H]6O)[C@@H]([C@H](O)CO)O5)[C@@H](O)[C@@H](O)[C@@H]4O[C@H]4O[C@H](C(=O)O)[C@H](O)[C@H](O)[C@H]4O)[C@H](O)[C@@H](O)[C@H]3O)(C(=O)O)O[C@H]([C@H](O)CO)[C@@H]2O)O[C@H](C)[C@@H](O)[C@@H]1O[C@H]1O[C@H](CO)[C@@H](O)[C@H](O[C@H]2O[C@H](C)[C@H](O)[C@H](O)[C@H]2O)[C@@H]1O. The minimum atomic E-state index is -3.95. The van der Waals surface area contributed by atoms with Crippen LogP contribution in [0, 0.1) is 0 Å². The summed E-state index contributed by atoms with van der Waals surface area (Å²) < 4.78 is 120. The Labute approximate surface area is 772 Å². The first-order chi connectivity index (χ1) is 64.6. The van der Waals surface area contributed by atoms with Gasteiger partial charge in [-0.1, -0.05) is 0 Å². The molecule has 36 N–H and O–H groups in total. The Kier molecular flexibility index (Phi) is 37.5. The number of carboxylic acid groups (broad SMARTS) is 6. The summed E-state index contributed by atoms with van der Waals surface area (Å²) in [6.45, 7) is -5.45. The molecule has 0 saturated carbocycles. The van der Waals surface area contributed by atoms with Crippen LogP contribution in [0.15, 0.2) is 0 Å². The molecule has 0 aromatic heterocycles. The summed E-state index contributed by atoms with van der Waals surface area (Å²) in [6, 6.07) is -1.95. The van der Waals surface area contributed by atoms with Crippen molar-refractivity contribution >= 4 is 41.7 Å². The number of hydrogen-bond donors (Lipinski definition) is 36. The molecule has 11 fully saturated rings. The number of nitrogens with one attached hydrogen (secondary N) is 1. The van der Waals surface area contributed by atoms with E-state index in [1.165, 1.54) is 6.92 Å². The first kappa shape index (κ1) is 113. The van der Waals surface area contributed by atoms with Crippen LogP contribution in [0.3, 0.4) is 0 Å². The van der Waals surface area contributed by atoms with Gasteiger partial charge in [0.15, 0.2) is 68.6 Å². The highest BCUT2D eigenvalue weighted by Crippen LogP contribution is 2.47. The summed E-state index contributed by atoms with van der Waals surface area (Å²) in [5.74, 6) is -25.8. The van der Waals surface area contributed by atoms with Crippen molar-refractivity contribution in [1.29, 1.82) is 0 Å². The molecule has 55 atom stereocenters. The van der Waals surface area contributed by atoms with E-state index in [1.54, 1.807) is 0 Å². The van der Waals surface area contributed by atoms with Gasteiger partial charge in [0, 0.05) is 26.2 Å². The Morgan fingerprint density at radius 2 is 0.717 bits per heavy atom. The highest BCUT2D eigenvalue weighted by atomic mass is 16.8. The van der Waals surface area contributed by atoms with E-state index in [0.29, 0.717) is 0 Å². The summed E-state index contributed by atoms with van der Waals surface area (Å²) in [4.78, 5) is 91.5. The number of carboxylic acids is 6. The second kappa shape index (κ2) is 45.9. The van der Waals surface area contributed by atoms with Crippen molar-refractivity contribution in [1.82, 2.24) is 5.32 Å². The summed E-state index contributed by atoms with van der Waals surface area (Å²) in [5.41, 5.74) is 0. The van der Waals surface area contributed by atoms with E-state index in [0.717, 1.165) is 13.8 Å². The fourth-order valence-electron chi connectivity index (χ4n) is 17.3. The normalized spacial score (nSPS) is 49.4. The highest BCUT2D eigenvalue weighted by molar-refractivity contribution is 5.78. The van der Waals surface area contributed by atoms with Gasteiger partial charge in [0.2, 0.25) is 5.91 Å². The van der Waals surface area contributed by atoms with Gasteiger partial charge in [-0.2, -0.15) is 0 Å². The molecule has 0 unspecified atom stereocenters. The molecule has 138 heavy (non-hydrogen) atoms. The van der Waals surface area contributed by atoms with Crippen LogP contribution in [0.25, 0.3) is 0 Å². The lowest BCUT2D eigenvalue weighted by atomic mass is 9.89. The smallest absolute Gasteiger partial charge is 0.364 e. The van der Waals surface area contributed by atoms with Crippen molar-refractivity contribution in [2.45, 2.75) is 376 Å². The number of hydrogen-bond acceptors (Lipinski definition) is 57. The summed E-state index contributed by atoms with van der Waals surface area (Å²) in [6.07, 6.45) is -128. The summed E-state index contributed by atoms with van der Waals surface area (Å²) in [5, 5.41) is 389. The minimum absolute atomic E-state index is 0.899. The van der Waals surface area contributed by atoms with Gasteiger partial charge in [-0.05, 0) is 13.8 Å². The summed E-state index contributed by atoms with van der Waals surface area (Å²) in [7, 11) is 0. The average molecular weight is 2030 g/mol. The lowest BCUT2D eigenvalue weighted by Gasteiger charge is -2.53. The first-order valence-corrected chi connectivity index (χ1v) is 42.5. The van der Waals surface area contributed by atoms with E-state index >= 15 is 0 Å². The lowest BCUT2D eigenvalue weighted by Crippen LogP contribution is -2.71. The Balaban J connectivity index is 0.897. The first-order valence-electron chi connectivity index (χ1n) is 42.5. The second-order valence-electron chi connectivity index (χ2n) is 34.5. The molecule has 0 bridgehead atoms. The van der Waals surface area contributed by atoms with Crippen molar-refractivity contribution in [2.75, 3.05) is 39.6 Å². The number of aliphatic carboxylic acids is 6. The number of carbonyl (C=O) groups excluding carboxylic acids is 1. The second-order valence-corrected chi connectivity index (χ2v) is 34.5. The van der Waals surface area contributed by atoms with Crippen LogP contribution in [0.1, 0.15) is 40.0 Å². The van der Waals surface area contributed by atoms with E-state index in [1.807, 2.05) is 0 Å². The number of aliphatic hydroxyl groups is 29. The van der Waals surface area contributed by atoms with Crippen molar-refractivity contribution in [3.8, 4) is 0 Å². The molecule has 0 aromatic rings. The van der Waals surface area contributed by atoms with Gasteiger partial charge in [0.05, 0.1) is 70.2 Å². The molecule has 11 aliphatic rings. The van der Waals surface area contributed by atoms with Crippen LogP contribution in [-0.4, -0.2) is 596 Å². The minimum Gasteiger partial charge on any atom is -0.479 e. The Bertz CT molecular complexity index is 4040. The number of amides is 1. The van der Waals surface area contributed by atoms with Crippen LogP contribution >= 0.6 is 0 Å². The Morgan fingerprint density at radius 3 is 1.21 bits per heavy atom. The van der Waals surface area contributed by atoms with Crippen molar-refractivity contribution < 1.29 is 312 Å². The van der Waals surface area contributed by atoms with E-state index in [2.05, 4.69) is 5.32 Å². The topological polar surface area (TPSA) is 1030 Å². The van der Waals surface area contributed by atoms with E-state index in [4.69, 9.17) is 99.5 Å². The number of carbonyl (C=O) groups is 7. The third-order valence-electron chi connectivity index (χ3n) is 25.1. The maximum atomic E-state index is 14.3. The highest BCUT2D eigenvalue weighted by Gasteiger charge is 2.67. The monoisotopic (exact) mass is 2030 g/mol. The quantitative estimate of drug-likeness (QED) is 0.0277. The summed E-state index contributed by atoms with van der Waals surface area (Å²) >= 11 is 0. The average Bonchev–Trinajstić information content (AvgIpc) is 0.734. The number of ether oxygens (including phenoxy) is 21. The van der Waals surface area contributed by atoms with Crippen LogP contribution < -0.4 is 5.32 Å². The zero-order chi connectivity index (χ0) is 102. The zero-order valence-corrected chi connectivity index (χ0v) is 72.0. The molecular weight excluding hydrogens is 1910 g/mol. The van der Waals surface area contributed by atoms with E-state index in [-0.39, 0.29) is 0 Å². The van der Waals surface area contributed by atoms with E-state index in [9.17, 15) is 212 Å². The fourth-order valence-corrected chi connectivity index (χ4v) is 17.3. The molecule has 794 valence electrons. The van der Waals surface area contributed by atoms with Gasteiger partial charge in [0.25, 0.3) is 17.4 Å². The lowest BCUT2D eigenvalue weighted by molar-refractivity contribution is -0.411. The molecule has 11 heterocycles. The molecule has 64 nitrogen and oxygen atoms in total. The third-order valence-corrected chi connectivity index (χ3v) is 25.1. The molecule has 1 amide bonds. The predicted octanol–water partition coefficient (Wildman–Crippen LogP) is -23.0. The Hall–Kier alpha value is -5.71. The molecule has 11 aliphatic heterocycles. The molecule has 0 aromatic carbocycles. The third kappa shape index (κ3) is 23.2.